The summed E-state index contributed by atoms with van der Waals surface area (Å²) in [6.45, 7) is 2.93. The number of aryl methyl sites for hydroxylation is 1. The van der Waals surface area contributed by atoms with E-state index in [1.54, 1.807) is 0 Å². The van der Waals surface area contributed by atoms with Crippen molar-refractivity contribution < 1.29 is 4.74 Å². The van der Waals surface area contributed by atoms with Gasteiger partial charge < -0.3 is 4.74 Å². The fraction of sp³-hybridized carbons (Fsp3) is 0.308. The maximum absolute atomic E-state index is 5.65. The van der Waals surface area contributed by atoms with E-state index in [9.17, 15) is 0 Å². The van der Waals surface area contributed by atoms with Gasteiger partial charge >= 0.3 is 0 Å². The van der Waals surface area contributed by atoms with Crippen molar-refractivity contribution in [3.63, 3.8) is 0 Å². The molecule has 0 unspecified atom stereocenters. The molecule has 3 rings (SSSR count). The van der Waals surface area contributed by atoms with E-state index in [0.717, 1.165) is 30.9 Å². The molecule has 0 fully saturated rings. The van der Waals surface area contributed by atoms with Gasteiger partial charge in [0.2, 0.25) is 0 Å². The summed E-state index contributed by atoms with van der Waals surface area (Å²) in [5, 5.41) is 2.46. The van der Waals surface area contributed by atoms with Crippen molar-refractivity contribution in [2.24, 2.45) is 0 Å². The number of pyridine rings is 1. The van der Waals surface area contributed by atoms with E-state index in [1.807, 2.05) is 0 Å². The van der Waals surface area contributed by atoms with Gasteiger partial charge in [0.15, 0.2) is 0 Å². The Balaban J connectivity index is 2.41. The molecular weight excluding hydrogens is 186 g/mol. The Labute approximate surface area is 88.9 Å². The lowest BCUT2D eigenvalue weighted by Crippen LogP contribution is -1.94. The molecular formula is C13H13NO. The number of aromatic nitrogens is 1. The third kappa shape index (κ3) is 1.21. The second-order valence-electron chi connectivity index (χ2n) is 3.83. The average Bonchev–Trinajstić information content (AvgIpc) is 2.76. The normalized spacial score (nSPS) is 13.9. The molecule has 0 radical (unpaired) electrons. The molecule has 2 nitrogen and oxygen atoms in total. The van der Waals surface area contributed by atoms with Crippen LogP contribution in [0.2, 0.25) is 0 Å². The van der Waals surface area contributed by atoms with Gasteiger partial charge in [0.05, 0.1) is 12.3 Å². The summed E-state index contributed by atoms with van der Waals surface area (Å²) in [5.41, 5.74) is 2.32. The molecule has 0 bridgehead atoms. The summed E-state index contributed by atoms with van der Waals surface area (Å²) >= 11 is 0. The summed E-state index contributed by atoms with van der Waals surface area (Å²) < 4.78 is 5.65. The molecule has 0 amide bonds. The number of benzene rings is 1. The Morgan fingerprint density at radius 3 is 2.87 bits per heavy atom. The van der Waals surface area contributed by atoms with E-state index >= 15 is 0 Å². The van der Waals surface area contributed by atoms with E-state index in [4.69, 9.17) is 4.74 Å². The molecule has 15 heavy (non-hydrogen) atoms. The van der Waals surface area contributed by atoms with Gasteiger partial charge in [0, 0.05) is 22.9 Å². The average molecular weight is 199 g/mol. The zero-order chi connectivity index (χ0) is 10.3. The van der Waals surface area contributed by atoms with Crippen molar-refractivity contribution in [3.8, 4) is 5.75 Å². The third-order valence-electron chi connectivity index (χ3n) is 2.93. The Morgan fingerprint density at radius 2 is 2.07 bits per heavy atom. The standard InChI is InChI=1S/C13H13NO/c1-2-11-9-5-3-4-6-10(9)13-12(14-11)7-8-15-13/h3-6H,2,7-8H2,1H3. The van der Waals surface area contributed by atoms with Crippen molar-refractivity contribution in [1.29, 1.82) is 0 Å². The quantitative estimate of drug-likeness (QED) is 0.704. The van der Waals surface area contributed by atoms with Crippen molar-refractivity contribution in [2.45, 2.75) is 19.8 Å². The molecule has 0 spiro atoms. The van der Waals surface area contributed by atoms with Crippen LogP contribution in [0.3, 0.4) is 0 Å². The summed E-state index contributed by atoms with van der Waals surface area (Å²) in [7, 11) is 0. The van der Waals surface area contributed by atoms with Gasteiger partial charge in [-0.15, -0.1) is 0 Å². The highest BCUT2D eigenvalue weighted by molar-refractivity contribution is 5.91. The van der Waals surface area contributed by atoms with Crippen molar-refractivity contribution in [1.82, 2.24) is 4.98 Å². The predicted molar refractivity (Wildman–Crippen MR) is 60.3 cm³/mol. The van der Waals surface area contributed by atoms with Gasteiger partial charge in [0.25, 0.3) is 0 Å². The lowest BCUT2D eigenvalue weighted by molar-refractivity contribution is 0.360. The van der Waals surface area contributed by atoms with E-state index in [-0.39, 0.29) is 0 Å². The molecule has 1 aliphatic heterocycles. The lowest BCUT2D eigenvalue weighted by atomic mass is 10.1. The summed E-state index contributed by atoms with van der Waals surface area (Å²) in [4.78, 5) is 4.67. The van der Waals surface area contributed by atoms with Crippen LogP contribution in [0.5, 0.6) is 5.75 Å². The number of ether oxygens (including phenoxy) is 1. The van der Waals surface area contributed by atoms with Crippen LogP contribution >= 0.6 is 0 Å². The minimum absolute atomic E-state index is 0.777. The first-order chi connectivity index (χ1) is 7.40. The highest BCUT2D eigenvalue weighted by Gasteiger charge is 2.18. The molecule has 76 valence electrons. The summed E-state index contributed by atoms with van der Waals surface area (Å²) in [6, 6.07) is 8.37. The minimum atomic E-state index is 0.777. The molecule has 0 saturated carbocycles. The first-order valence-electron chi connectivity index (χ1n) is 5.43. The molecule has 0 aliphatic carbocycles. The molecule has 0 N–H and O–H groups in total. The van der Waals surface area contributed by atoms with E-state index < -0.39 is 0 Å². The molecule has 2 heterocycles. The lowest BCUT2D eigenvalue weighted by Gasteiger charge is -2.08. The van der Waals surface area contributed by atoms with Crippen LogP contribution in [-0.2, 0) is 12.8 Å². The Hall–Kier alpha value is -1.57. The Morgan fingerprint density at radius 1 is 1.27 bits per heavy atom. The maximum atomic E-state index is 5.65. The summed E-state index contributed by atoms with van der Waals surface area (Å²) in [6.07, 6.45) is 1.93. The van der Waals surface area contributed by atoms with Gasteiger partial charge in [-0.2, -0.15) is 0 Å². The van der Waals surface area contributed by atoms with Crippen LogP contribution in [0.15, 0.2) is 24.3 Å². The molecule has 1 aliphatic rings. The molecule has 0 atom stereocenters. The fourth-order valence-corrected chi connectivity index (χ4v) is 2.21. The minimum Gasteiger partial charge on any atom is -0.491 e. The zero-order valence-electron chi connectivity index (χ0n) is 8.79. The van der Waals surface area contributed by atoms with Crippen molar-refractivity contribution >= 4 is 10.8 Å². The van der Waals surface area contributed by atoms with Gasteiger partial charge in [-0.05, 0) is 6.42 Å². The molecule has 1 aromatic carbocycles. The monoisotopic (exact) mass is 199 g/mol. The van der Waals surface area contributed by atoms with E-state index in [1.165, 1.54) is 16.5 Å². The van der Waals surface area contributed by atoms with E-state index in [2.05, 4.69) is 36.2 Å². The maximum Gasteiger partial charge on any atom is 0.148 e. The molecule has 1 aromatic heterocycles. The van der Waals surface area contributed by atoms with Crippen LogP contribution in [0.4, 0.5) is 0 Å². The van der Waals surface area contributed by atoms with Crippen molar-refractivity contribution in [2.75, 3.05) is 6.61 Å². The van der Waals surface area contributed by atoms with Gasteiger partial charge in [-0.25, -0.2) is 0 Å². The molecule has 0 saturated heterocycles. The third-order valence-corrected chi connectivity index (χ3v) is 2.93. The predicted octanol–water partition coefficient (Wildman–Crippen LogP) is 2.73. The van der Waals surface area contributed by atoms with Gasteiger partial charge in [-0.3, -0.25) is 4.98 Å². The SMILES string of the molecule is CCc1nc2c(c3ccccc13)OCC2. The van der Waals surface area contributed by atoms with Gasteiger partial charge in [0.1, 0.15) is 5.75 Å². The first kappa shape index (κ1) is 8.72. The molecule has 2 heteroatoms. The number of nitrogens with zero attached hydrogens (tertiary/aromatic N) is 1. The smallest absolute Gasteiger partial charge is 0.148 e. The second kappa shape index (κ2) is 3.23. The molecule has 2 aromatic rings. The highest BCUT2D eigenvalue weighted by atomic mass is 16.5. The van der Waals surface area contributed by atoms with Crippen LogP contribution in [0, 0.1) is 0 Å². The zero-order valence-corrected chi connectivity index (χ0v) is 8.79. The Bertz CT molecular complexity index is 519. The fourth-order valence-electron chi connectivity index (χ4n) is 2.21. The Kier molecular flexibility index (Phi) is 1.88. The summed E-state index contributed by atoms with van der Waals surface area (Å²) in [5.74, 6) is 1.00. The van der Waals surface area contributed by atoms with E-state index in [0.29, 0.717) is 0 Å². The number of hydrogen-bond donors (Lipinski definition) is 0. The van der Waals surface area contributed by atoms with Crippen LogP contribution in [0.1, 0.15) is 18.3 Å². The number of hydrogen-bond acceptors (Lipinski definition) is 2. The highest BCUT2D eigenvalue weighted by Crippen LogP contribution is 2.34. The number of rotatable bonds is 1. The first-order valence-corrected chi connectivity index (χ1v) is 5.43. The number of fused-ring (bicyclic) bond motifs is 3. The van der Waals surface area contributed by atoms with Crippen LogP contribution < -0.4 is 4.74 Å². The van der Waals surface area contributed by atoms with Crippen LogP contribution in [-0.4, -0.2) is 11.6 Å². The largest absolute Gasteiger partial charge is 0.491 e. The van der Waals surface area contributed by atoms with Crippen molar-refractivity contribution in [3.05, 3.63) is 35.7 Å². The second-order valence-corrected chi connectivity index (χ2v) is 3.83. The van der Waals surface area contributed by atoms with Gasteiger partial charge in [-0.1, -0.05) is 31.2 Å². The van der Waals surface area contributed by atoms with Crippen LogP contribution in [0.25, 0.3) is 10.8 Å². The topological polar surface area (TPSA) is 22.1 Å².